The van der Waals surface area contributed by atoms with Crippen molar-refractivity contribution in [2.75, 3.05) is 25.5 Å². The summed E-state index contributed by atoms with van der Waals surface area (Å²) in [6.07, 6.45) is 0. The van der Waals surface area contributed by atoms with E-state index in [1.807, 2.05) is 6.92 Å². The van der Waals surface area contributed by atoms with Crippen LogP contribution < -0.4 is 16.4 Å². The Balaban J connectivity index is 2.82. The van der Waals surface area contributed by atoms with Crippen LogP contribution in [-0.2, 0) is 14.3 Å². The zero-order valence-electron chi connectivity index (χ0n) is 11.5. The van der Waals surface area contributed by atoms with Gasteiger partial charge < -0.3 is 21.1 Å². The monoisotopic (exact) mass is 299 g/mol. The summed E-state index contributed by atoms with van der Waals surface area (Å²) in [5.74, 6) is -1.36. The maximum absolute atomic E-state index is 11.7. The number of thiophene rings is 1. The van der Waals surface area contributed by atoms with Crippen LogP contribution in [0.2, 0.25) is 0 Å². The van der Waals surface area contributed by atoms with Gasteiger partial charge >= 0.3 is 5.97 Å². The molecular weight excluding hydrogens is 282 g/mol. The van der Waals surface area contributed by atoms with Crippen LogP contribution in [0, 0.1) is 13.8 Å². The largest absolute Gasteiger partial charge is 0.465 e. The van der Waals surface area contributed by atoms with Crippen LogP contribution in [0.5, 0.6) is 0 Å². The molecule has 0 saturated heterocycles. The normalized spacial score (nSPS) is 10.0. The van der Waals surface area contributed by atoms with Gasteiger partial charge in [-0.2, -0.15) is 0 Å². The number of esters is 1. The Kier molecular flexibility index (Phi) is 5.66. The molecule has 0 aliphatic rings. The van der Waals surface area contributed by atoms with Crippen LogP contribution in [0.3, 0.4) is 0 Å². The van der Waals surface area contributed by atoms with Crippen LogP contribution in [0.25, 0.3) is 0 Å². The molecule has 4 N–H and O–H groups in total. The molecule has 0 saturated carbocycles. The van der Waals surface area contributed by atoms with E-state index in [0.717, 1.165) is 10.4 Å². The molecule has 0 spiro atoms. The lowest BCUT2D eigenvalue weighted by molar-refractivity contribution is -0.123. The second kappa shape index (κ2) is 7.01. The Bertz CT molecular complexity index is 539. The van der Waals surface area contributed by atoms with Gasteiger partial charge in [-0.05, 0) is 19.4 Å². The third-order valence-corrected chi connectivity index (χ3v) is 3.78. The molecule has 0 fully saturated rings. The van der Waals surface area contributed by atoms with Gasteiger partial charge in [0.15, 0.2) is 0 Å². The van der Waals surface area contributed by atoms with Crippen molar-refractivity contribution in [1.29, 1.82) is 0 Å². The fraction of sp³-hybridized carbons (Fsp3) is 0.417. The van der Waals surface area contributed by atoms with Gasteiger partial charge in [-0.1, -0.05) is 0 Å². The number of carbonyl (C=O) groups excluding carboxylic acids is 3. The Hall–Kier alpha value is -1.93. The summed E-state index contributed by atoms with van der Waals surface area (Å²) in [6, 6.07) is 0. The molecule has 1 heterocycles. The maximum Gasteiger partial charge on any atom is 0.341 e. The molecular formula is C12H17N3O4S. The van der Waals surface area contributed by atoms with E-state index in [-0.39, 0.29) is 13.1 Å². The maximum atomic E-state index is 11.7. The molecule has 0 bridgehead atoms. The predicted molar refractivity (Wildman–Crippen MR) is 75.8 cm³/mol. The van der Waals surface area contributed by atoms with E-state index in [1.165, 1.54) is 18.4 Å². The van der Waals surface area contributed by atoms with Crippen molar-refractivity contribution in [3.8, 4) is 0 Å². The zero-order valence-corrected chi connectivity index (χ0v) is 12.3. The van der Waals surface area contributed by atoms with E-state index >= 15 is 0 Å². The second-order valence-corrected chi connectivity index (χ2v) is 5.23. The minimum Gasteiger partial charge on any atom is -0.465 e. The molecule has 0 aliphatic carbocycles. The summed E-state index contributed by atoms with van der Waals surface area (Å²) in [4.78, 5) is 35.3. The number of carbonyl (C=O) groups is 3. The topological polar surface area (TPSA) is 111 Å². The number of nitrogens with two attached hydrogens (primary N) is 1. The van der Waals surface area contributed by atoms with Crippen LogP contribution >= 0.6 is 11.3 Å². The third kappa shape index (κ3) is 3.78. The summed E-state index contributed by atoms with van der Waals surface area (Å²) >= 11 is 1.28. The Morgan fingerprint density at radius 3 is 2.45 bits per heavy atom. The molecule has 1 aromatic heterocycles. The Labute approximate surface area is 120 Å². The third-order valence-electron chi connectivity index (χ3n) is 2.66. The predicted octanol–water partition coefficient (Wildman–Crippen LogP) is 0.165. The van der Waals surface area contributed by atoms with Crippen LogP contribution in [0.15, 0.2) is 0 Å². The van der Waals surface area contributed by atoms with Crippen LogP contribution in [-0.4, -0.2) is 38.0 Å². The summed E-state index contributed by atoms with van der Waals surface area (Å²) in [7, 11) is 1.28. The number of methoxy groups -OCH3 is 1. The summed E-state index contributed by atoms with van der Waals surface area (Å²) in [5.41, 5.74) is 6.22. The first-order chi connectivity index (χ1) is 9.40. The molecule has 1 aromatic rings. The van der Waals surface area contributed by atoms with E-state index in [9.17, 15) is 14.4 Å². The van der Waals surface area contributed by atoms with Gasteiger partial charge in [0.25, 0.3) is 0 Å². The van der Waals surface area contributed by atoms with Gasteiger partial charge in [-0.3, -0.25) is 9.59 Å². The number of hydrogen-bond acceptors (Lipinski definition) is 6. The van der Waals surface area contributed by atoms with Crippen LogP contribution in [0.4, 0.5) is 5.00 Å². The molecule has 0 aliphatic heterocycles. The van der Waals surface area contributed by atoms with Gasteiger partial charge in [-0.25, -0.2) is 4.79 Å². The minimum absolute atomic E-state index is 0.183. The van der Waals surface area contributed by atoms with E-state index in [4.69, 9.17) is 10.5 Å². The minimum atomic E-state index is -0.506. The SMILES string of the molecule is COC(=O)c1c(NC(=O)CNC(=O)CN)sc(C)c1C. The number of rotatable bonds is 5. The number of hydrogen-bond donors (Lipinski definition) is 3. The summed E-state index contributed by atoms with van der Waals surface area (Å²) in [6.45, 7) is 3.24. The number of ether oxygens (including phenoxy) is 1. The summed E-state index contributed by atoms with van der Waals surface area (Å²) in [5, 5.41) is 5.35. The Morgan fingerprint density at radius 1 is 1.25 bits per heavy atom. The average Bonchev–Trinajstić information content (AvgIpc) is 2.70. The molecule has 8 heteroatoms. The molecule has 0 aromatic carbocycles. The molecule has 20 heavy (non-hydrogen) atoms. The fourth-order valence-electron chi connectivity index (χ4n) is 1.48. The quantitative estimate of drug-likeness (QED) is 0.671. The van der Waals surface area contributed by atoms with Gasteiger partial charge in [0.2, 0.25) is 11.8 Å². The Morgan fingerprint density at radius 2 is 1.90 bits per heavy atom. The first-order valence-electron chi connectivity index (χ1n) is 5.85. The average molecular weight is 299 g/mol. The lowest BCUT2D eigenvalue weighted by Gasteiger charge is -2.06. The highest BCUT2D eigenvalue weighted by Crippen LogP contribution is 2.32. The van der Waals surface area contributed by atoms with Gasteiger partial charge in [0.05, 0.1) is 25.8 Å². The molecule has 0 radical (unpaired) electrons. The van der Waals surface area contributed by atoms with E-state index in [0.29, 0.717) is 10.6 Å². The molecule has 1 rings (SSSR count). The van der Waals surface area contributed by atoms with E-state index < -0.39 is 17.8 Å². The first-order valence-corrected chi connectivity index (χ1v) is 6.67. The second-order valence-electron chi connectivity index (χ2n) is 4.01. The van der Waals surface area contributed by atoms with E-state index in [2.05, 4.69) is 10.6 Å². The summed E-state index contributed by atoms with van der Waals surface area (Å²) < 4.78 is 4.70. The highest BCUT2D eigenvalue weighted by Gasteiger charge is 2.21. The lowest BCUT2D eigenvalue weighted by atomic mass is 10.1. The van der Waals surface area contributed by atoms with Crippen molar-refractivity contribution in [2.24, 2.45) is 5.73 Å². The number of anilines is 1. The van der Waals surface area contributed by atoms with Crippen molar-refractivity contribution in [1.82, 2.24) is 5.32 Å². The lowest BCUT2D eigenvalue weighted by Crippen LogP contribution is -2.36. The molecule has 0 unspecified atom stereocenters. The standard InChI is InChI=1S/C12H17N3O4S/c1-6-7(2)20-11(10(6)12(18)19-3)15-9(17)5-14-8(16)4-13/h4-5,13H2,1-3H3,(H,14,16)(H,15,17). The van der Waals surface area contributed by atoms with Crippen molar-refractivity contribution in [3.63, 3.8) is 0 Å². The number of amides is 2. The fourth-order valence-corrected chi connectivity index (χ4v) is 2.55. The zero-order chi connectivity index (χ0) is 15.3. The molecule has 2 amide bonds. The van der Waals surface area contributed by atoms with Gasteiger partial charge in [-0.15, -0.1) is 11.3 Å². The van der Waals surface area contributed by atoms with Crippen molar-refractivity contribution < 1.29 is 19.1 Å². The van der Waals surface area contributed by atoms with Gasteiger partial charge in [0, 0.05) is 4.88 Å². The van der Waals surface area contributed by atoms with Crippen molar-refractivity contribution in [3.05, 3.63) is 16.0 Å². The molecule has 7 nitrogen and oxygen atoms in total. The first kappa shape index (κ1) is 16.1. The molecule has 0 atom stereocenters. The molecule has 110 valence electrons. The number of aryl methyl sites for hydroxylation is 1. The van der Waals surface area contributed by atoms with Crippen LogP contribution in [0.1, 0.15) is 20.8 Å². The van der Waals surface area contributed by atoms with Crippen molar-refractivity contribution in [2.45, 2.75) is 13.8 Å². The van der Waals surface area contributed by atoms with Crippen molar-refractivity contribution >= 4 is 34.1 Å². The van der Waals surface area contributed by atoms with E-state index in [1.54, 1.807) is 6.92 Å². The highest BCUT2D eigenvalue weighted by atomic mass is 32.1. The van der Waals surface area contributed by atoms with Gasteiger partial charge in [0.1, 0.15) is 5.00 Å². The number of nitrogens with one attached hydrogen (secondary N) is 2. The highest BCUT2D eigenvalue weighted by molar-refractivity contribution is 7.16. The smallest absolute Gasteiger partial charge is 0.341 e.